The van der Waals surface area contributed by atoms with Crippen LogP contribution >= 0.6 is 0 Å². The minimum Gasteiger partial charge on any atom is -0.463 e. The maximum atomic E-state index is 5.58. The summed E-state index contributed by atoms with van der Waals surface area (Å²) in [6.07, 6.45) is 6.24. The van der Waals surface area contributed by atoms with Crippen molar-refractivity contribution in [2.45, 2.75) is 6.42 Å². The number of anilines is 1. The second kappa shape index (κ2) is 8.75. The molecule has 1 aliphatic rings. The van der Waals surface area contributed by atoms with Crippen LogP contribution in [0.25, 0.3) is 22.7 Å². The smallest absolute Gasteiger partial charge is 0.223 e. The van der Waals surface area contributed by atoms with Gasteiger partial charge in [0.1, 0.15) is 5.69 Å². The SMILES string of the molecule is c1ccc(-c2cnc(NCCCN3CCOCC3)nc2-c2ccco2)nc1. The first-order valence-corrected chi connectivity index (χ1v) is 9.26. The van der Waals surface area contributed by atoms with E-state index >= 15 is 0 Å². The molecule has 7 heteroatoms. The van der Waals surface area contributed by atoms with Crippen molar-refractivity contribution in [1.82, 2.24) is 19.9 Å². The van der Waals surface area contributed by atoms with Gasteiger partial charge in [-0.1, -0.05) is 6.07 Å². The molecule has 0 amide bonds. The number of ether oxygens (including phenoxy) is 1. The Bertz CT molecular complexity index is 833. The van der Waals surface area contributed by atoms with E-state index < -0.39 is 0 Å². The number of morpholine rings is 1. The van der Waals surface area contributed by atoms with Crippen LogP contribution in [0.1, 0.15) is 6.42 Å². The summed E-state index contributed by atoms with van der Waals surface area (Å²) in [5, 5.41) is 3.32. The minimum absolute atomic E-state index is 0.600. The molecule has 0 aromatic carbocycles. The highest BCUT2D eigenvalue weighted by Crippen LogP contribution is 2.29. The maximum absolute atomic E-state index is 5.58. The Hall–Kier alpha value is -2.77. The van der Waals surface area contributed by atoms with Crippen LogP contribution in [-0.4, -0.2) is 59.2 Å². The molecule has 0 aliphatic carbocycles. The van der Waals surface area contributed by atoms with Crippen molar-refractivity contribution in [3.05, 3.63) is 49.0 Å². The quantitative estimate of drug-likeness (QED) is 0.645. The number of rotatable bonds is 7. The second-order valence-electron chi connectivity index (χ2n) is 6.38. The first kappa shape index (κ1) is 17.6. The first-order valence-electron chi connectivity index (χ1n) is 9.26. The van der Waals surface area contributed by atoms with Crippen LogP contribution in [0, 0.1) is 0 Å². The lowest BCUT2D eigenvalue weighted by Crippen LogP contribution is -2.37. The van der Waals surface area contributed by atoms with Crippen molar-refractivity contribution in [3.63, 3.8) is 0 Å². The zero-order chi connectivity index (χ0) is 18.3. The Balaban J connectivity index is 1.45. The van der Waals surface area contributed by atoms with Crippen molar-refractivity contribution >= 4 is 5.95 Å². The van der Waals surface area contributed by atoms with Gasteiger partial charge >= 0.3 is 0 Å². The summed E-state index contributed by atoms with van der Waals surface area (Å²) in [7, 11) is 0. The van der Waals surface area contributed by atoms with Gasteiger partial charge in [0.25, 0.3) is 0 Å². The molecule has 4 heterocycles. The molecule has 1 aliphatic heterocycles. The summed E-state index contributed by atoms with van der Waals surface area (Å²) < 4.78 is 11.0. The van der Waals surface area contributed by atoms with Gasteiger partial charge in [-0.2, -0.15) is 0 Å². The average molecular weight is 365 g/mol. The zero-order valence-electron chi connectivity index (χ0n) is 15.2. The van der Waals surface area contributed by atoms with Gasteiger partial charge in [0.2, 0.25) is 5.95 Å². The Morgan fingerprint density at radius 1 is 1.07 bits per heavy atom. The largest absolute Gasteiger partial charge is 0.463 e. The Morgan fingerprint density at radius 2 is 2.00 bits per heavy atom. The number of pyridine rings is 1. The van der Waals surface area contributed by atoms with Crippen LogP contribution in [0.2, 0.25) is 0 Å². The minimum atomic E-state index is 0.600. The van der Waals surface area contributed by atoms with E-state index in [1.54, 1.807) is 18.7 Å². The lowest BCUT2D eigenvalue weighted by molar-refractivity contribution is 0.0378. The van der Waals surface area contributed by atoms with Crippen molar-refractivity contribution in [2.75, 3.05) is 44.7 Å². The third kappa shape index (κ3) is 4.50. The third-order valence-electron chi connectivity index (χ3n) is 4.52. The molecular formula is C20H23N5O2. The van der Waals surface area contributed by atoms with Crippen molar-refractivity contribution in [1.29, 1.82) is 0 Å². The highest BCUT2D eigenvalue weighted by atomic mass is 16.5. The lowest BCUT2D eigenvalue weighted by Gasteiger charge is -2.26. The summed E-state index contributed by atoms with van der Waals surface area (Å²) in [6.45, 7) is 5.55. The monoisotopic (exact) mass is 365 g/mol. The third-order valence-corrected chi connectivity index (χ3v) is 4.52. The van der Waals surface area contributed by atoms with E-state index in [9.17, 15) is 0 Å². The molecule has 7 nitrogen and oxygen atoms in total. The van der Waals surface area contributed by atoms with E-state index in [4.69, 9.17) is 9.15 Å². The molecule has 140 valence electrons. The summed E-state index contributed by atoms with van der Waals surface area (Å²) in [4.78, 5) is 16.0. The second-order valence-corrected chi connectivity index (χ2v) is 6.38. The van der Waals surface area contributed by atoms with E-state index in [0.29, 0.717) is 11.7 Å². The van der Waals surface area contributed by atoms with Gasteiger partial charge in [-0.3, -0.25) is 9.88 Å². The molecule has 0 radical (unpaired) electrons. The fraction of sp³-hybridized carbons (Fsp3) is 0.350. The van der Waals surface area contributed by atoms with Crippen molar-refractivity contribution < 1.29 is 9.15 Å². The average Bonchev–Trinajstić information content (AvgIpc) is 3.27. The van der Waals surface area contributed by atoms with E-state index in [1.165, 1.54) is 0 Å². The first-order chi connectivity index (χ1) is 13.4. The molecule has 1 saturated heterocycles. The molecule has 1 N–H and O–H groups in total. The number of nitrogens with zero attached hydrogens (tertiary/aromatic N) is 4. The molecule has 0 saturated carbocycles. The standard InChI is InChI=1S/C20H23N5O2/c1-2-7-21-17(5-1)16-15-23-20(24-19(16)18-6-3-12-27-18)22-8-4-9-25-10-13-26-14-11-25/h1-3,5-7,12,15H,4,8-11,13-14H2,(H,22,23,24). The molecule has 0 spiro atoms. The number of nitrogens with one attached hydrogen (secondary N) is 1. The molecule has 0 bridgehead atoms. The van der Waals surface area contributed by atoms with Gasteiger partial charge in [0, 0.05) is 37.6 Å². The van der Waals surface area contributed by atoms with Crippen molar-refractivity contribution in [2.24, 2.45) is 0 Å². The fourth-order valence-electron chi connectivity index (χ4n) is 3.11. The molecule has 4 rings (SSSR count). The predicted molar refractivity (Wildman–Crippen MR) is 103 cm³/mol. The molecular weight excluding hydrogens is 342 g/mol. The van der Waals surface area contributed by atoms with Crippen LogP contribution < -0.4 is 5.32 Å². The highest BCUT2D eigenvalue weighted by molar-refractivity contribution is 5.76. The number of hydrogen-bond donors (Lipinski definition) is 1. The maximum Gasteiger partial charge on any atom is 0.223 e. The Kier molecular flexibility index (Phi) is 5.71. The van der Waals surface area contributed by atoms with E-state index in [0.717, 1.165) is 62.8 Å². The van der Waals surface area contributed by atoms with E-state index in [-0.39, 0.29) is 0 Å². The molecule has 1 fully saturated rings. The van der Waals surface area contributed by atoms with Crippen LogP contribution in [0.3, 0.4) is 0 Å². The summed E-state index contributed by atoms with van der Waals surface area (Å²) in [5.41, 5.74) is 2.41. The summed E-state index contributed by atoms with van der Waals surface area (Å²) in [5.74, 6) is 1.30. The molecule has 0 unspecified atom stereocenters. The summed E-state index contributed by atoms with van der Waals surface area (Å²) >= 11 is 0. The van der Waals surface area contributed by atoms with Crippen LogP contribution in [-0.2, 0) is 4.74 Å². The van der Waals surface area contributed by atoms with Gasteiger partial charge in [-0.25, -0.2) is 9.97 Å². The van der Waals surface area contributed by atoms with Gasteiger partial charge in [-0.05, 0) is 37.2 Å². The van der Waals surface area contributed by atoms with Crippen LogP contribution in [0.5, 0.6) is 0 Å². The molecule has 3 aromatic rings. The number of furan rings is 1. The van der Waals surface area contributed by atoms with Gasteiger partial charge in [0.05, 0.1) is 25.2 Å². The van der Waals surface area contributed by atoms with Gasteiger partial charge in [-0.15, -0.1) is 0 Å². The van der Waals surface area contributed by atoms with Gasteiger partial charge in [0.15, 0.2) is 5.76 Å². The molecule has 27 heavy (non-hydrogen) atoms. The molecule has 3 aromatic heterocycles. The lowest BCUT2D eigenvalue weighted by atomic mass is 10.1. The highest BCUT2D eigenvalue weighted by Gasteiger charge is 2.15. The number of hydrogen-bond acceptors (Lipinski definition) is 7. The zero-order valence-corrected chi connectivity index (χ0v) is 15.2. The van der Waals surface area contributed by atoms with Crippen LogP contribution in [0.4, 0.5) is 5.95 Å². The fourth-order valence-corrected chi connectivity index (χ4v) is 3.11. The van der Waals surface area contributed by atoms with Crippen molar-refractivity contribution in [3.8, 4) is 22.7 Å². The Morgan fingerprint density at radius 3 is 2.78 bits per heavy atom. The Labute approximate surface area is 158 Å². The topological polar surface area (TPSA) is 76.3 Å². The van der Waals surface area contributed by atoms with E-state index in [2.05, 4.69) is 25.2 Å². The molecule has 0 atom stereocenters. The predicted octanol–water partition coefficient (Wildman–Crippen LogP) is 2.93. The van der Waals surface area contributed by atoms with Gasteiger partial charge < -0.3 is 14.5 Å². The summed E-state index contributed by atoms with van der Waals surface area (Å²) in [6, 6.07) is 9.54. The van der Waals surface area contributed by atoms with E-state index in [1.807, 2.05) is 30.3 Å². The van der Waals surface area contributed by atoms with Crippen LogP contribution in [0.15, 0.2) is 53.4 Å². The number of aromatic nitrogens is 3. The normalized spacial score (nSPS) is 15.0.